The van der Waals surface area contributed by atoms with Crippen molar-refractivity contribution >= 4 is 5.91 Å². The molecule has 1 amide bonds. The quantitative estimate of drug-likeness (QED) is 0.928. The van der Waals surface area contributed by atoms with Gasteiger partial charge < -0.3 is 10.1 Å². The molecule has 24 heavy (non-hydrogen) atoms. The molecule has 6 heteroatoms. The molecule has 0 saturated heterocycles. The Bertz CT molecular complexity index is 743. The summed E-state index contributed by atoms with van der Waals surface area (Å²) in [6.45, 7) is 0.887. The number of amides is 1. The van der Waals surface area contributed by atoms with Crippen LogP contribution in [0, 0.1) is 0 Å². The molecule has 126 valence electrons. The maximum Gasteiger partial charge on any atom is 0.416 e. The topological polar surface area (TPSA) is 38.3 Å². The van der Waals surface area contributed by atoms with Gasteiger partial charge in [-0.1, -0.05) is 36.4 Å². The first-order chi connectivity index (χ1) is 11.4. The fraction of sp³-hybridized carbons (Fsp3) is 0.278. The third kappa shape index (κ3) is 3.69. The van der Waals surface area contributed by atoms with Crippen LogP contribution in [0.4, 0.5) is 13.2 Å². The van der Waals surface area contributed by atoms with Crippen molar-refractivity contribution in [2.45, 2.75) is 18.5 Å². The minimum absolute atomic E-state index is 0.0617. The summed E-state index contributed by atoms with van der Waals surface area (Å²) in [5.74, 6) is 0.569. The third-order valence-corrected chi connectivity index (χ3v) is 3.96. The molecule has 0 bridgehead atoms. The minimum Gasteiger partial charge on any atom is -0.493 e. The lowest BCUT2D eigenvalue weighted by Crippen LogP contribution is -2.30. The van der Waals surface area contributed by atoms with Crippen molar-refractivity contribution in [2.24, 2.45) is 0 Å². The zero-order chi connectivity index (χ0) is 17.2. The van der Waals surface area contributed by atoms with E-state index in [-0.39, 0.29) is 18.2 Å². The molecule has 1 aliphatic rings. The van der Waals surface area contributed by atoms with E-state index in [0.29, 0.717) is 18.7 Å². The van der Waals surface area contributed by atoms with E-state index >= 15 is 0 Å². The molecule has 0 aliphatic carbocycles. The first-order valence-electron chi connectivity index (χ1n) is 7.58. The Morgan fingerprint density at radius 3 is 2.75 bits per heavy atom. The van der Waals surface area contributed by atoms with Crippen molar-refractivity contribution in [3.63, 3.8) is 0 Å². The summed E-state index contributed by atoms with van der Waals surface area (Å²) in [6, 6.07) is 12.4. The summed E-state index contributed by atoms with van der Waals surface area (Å²) in [5.41, 5.74) is 0.633. The second-order valence-corrected chi connectivity index (χ2v) is 5.72. The Morgan fingerprint density at radius 2 is 1.96 bits per heavy atom. The molecule has 3 nitrogen and oxygen atoms in total. The van der Waals surface area contributed by atoms with Gasteiger partial charge in [-0.15, -0.1) is 0 Å². The lowest BCUT2D eigenvalue weighted by atomic mass is 10.0. The van der Waals surface area contributed by atoms with Crippen molar-refractivity contribution in [1.82, 2.24) is 5.32 Å². The molecule has 0 unspecified atom stereocenters. The van der Waals surface area contributed by atoms with Crippen LogP contribution in [0.1, 0.15) is 22.6 Å². The first kappa shape index (κ1) is 16.4. The highest BCUT2D eigenvalue weighted by molar-refractivity contribution is 5.78. The fourth-order valence-electron chi connectivity index (χ4n) is 2.74. The van der Waals surface area contributed by atoms with Gasteiger partial charge >= 0.3 is 6.18 Å². The standard InChI is InChI=1S/C18H16F3NO2/c19-18(20,21)14-5-3-4-12(8-14)9-17(23)22-10-13-11-24-16-7-2-1-6-15(13)16/h1-8,13H,9-11H2,(H,22,23)/t13-/m1/s1. The number of alkyl halides is 3. The van der Waals surface area contributed by atoms with Crippen LogP contribution in [-0.2, 0) is 17.4 Å². The van der Waals surface area contributed by atoms with E-state index in [2.05, 4.69) is 5.32 Å². The molecule has 0 spiro atoms. The molecule has 0 aromatic heterocycles. The van der Waals surface area contributed by atoms with Crippen molar-refractivity contribution in [3.05, 3.63) is 65.2 Å². The zero-order valence-corrected chi connectivity index (χ0v) is 12.8. The molecule has 2 aromatic carbocycles. The van der Waals surface area contributed by atoms with Crippen molar-refractivity contribution in [2.75, 3.05) is 13.2 Å². The van der Waals surface area contributed by atoms with Crippen LogP contribution in [0.25, 0.3) is 0 Å². The van der Waals surface area contributed by atoms with E-state index < -0.39 is 11.7 Å². The average Bonchev–Trinajstić information content (AvgIpc) is 2.96. The van der Waals surface area contributed by atoms with Crippen molar-refractivity contribution in [1.29, 1.82) is 0 Å². The normalized spacial score (nSPS) is 16.4. The van der Waals surface area contributed by atoms with Crippen LogP contribution < -0.4 is 10.1 Å². The van der Waals surface area contributed by atoms with Crippen molar-refractivity contribution in [3.8, 4) is 5.75 Å². The van der Waals surface area contributed by atoms with E-state index in [0.717, 1.165) is 23.4 Å². The van der Waals surface area contributed by atoms with Gasteiger partial charge in [0, 0.05) is 18.0 Å². The monoisotopic (exact) mass is 335 g/mol. The largest absolute Gasteiger partial charge is 0.493 e. The molecule has 1 N–H and O–H groups in total. The van der Waals surface area contributed by atoms with Crippen LogP contribution in [0.3, 0.4) is 0 Å². The summed E-state index contributed by atoms with van der Waals surface area (Å²) in [5, 5.41) is 2.77. The number of rotatable bonds is 4. The lowest BCUT2D eigenvalue weighted by molar-refractivity contribution is -0.137. The van der Waals surface area contributed by atoms with E-state index in [1.54, 1.807) is 0 Å². The number of ether oxygens (including phenoxy) is 1. The predicted octanol–water partition coefficient (Wildman–Crippen LogP) is 3.54. The van der Waals surface area contributed by atoms with Crippen LogP contribution in [-0.4, -0.2) is 19.1 Å². The Balaban J connectivity index is 1.57. The van der Waals surface area contributed by atoms with Gasteiger partial charge in [0.15, 0.2) is 0 Å². The Morgan fingerprint density at radius 1 is 1.17 bits per heavy atom. The van der Waals surface area contributed by atoms with Gasteiger partial charge in [-0.3, -0.25) is 4.79 Å². The van der Waals surface area contributed by atoms with Crippen LogP contribution in [0.15, 0.2) is 48.5 Å². The van der Waals surface area contributed by atoms with Crippen molar-refractivity contribution < 1.29 is 22.7 Å². The highest BCUT2D eigenvalue weighted by Gasteiger charge is 2.30. The molecule has 0 saturated carbocycles. The number of carbonyl (C=O) groups excluding carboxylic acids is 1. The van der Waals surface area contributed by atoms with Crippen LogP contribution in [0.5, 0.6) is 5.75 Å². The molecule has 2 aromatic rings. The van der Waals surface area contributed by atoms with Gasteiger partial charge in [-0.2, -0.15) is 13.2 Å². The van der Waals surface area contributed by atoms with Crippen LogP contribution in [0.2, 0.25) is 0 Å². The number of hydrogen-bond acceptors (Lipinski definition) is 2. The Hall–Kier alpha value is -2.50. The molecule has 0 radical (unpaired) electrons. The summed E-state index contributed by atoms with van der Waals surface area (Å²) >= 11 is 0. The molecule has 1 aliphatic heterocycles. The SMILES string of the molecule is O=C(Cc1cccc(C(F)(F)F)c1)NC[C@@H]1COc2ccccc21. The number of fused-ring (bicyclic) bond motifs is 1. The lowest BCUT2D eigenvalue weighted by Gasteiger charge is -2.12. The van der Waals surface area contributed by atoms with E-state index in [9.17, 15) is 18.0 Å². The third-order valence-electron chi connectivity index (χ3n) is 3.96. The van der Waals surface area contributed by atoms with Gasteiger partial charge in [0.1, 0.15) is 5.75 Å². The molecule has 1 atom stereocenters. The predicted molar refractivity (Wildman–Crippen MR) is 82.8 cm³/mol. The number of para-hydroxylation sites is 1. The molecular weight excluding hydrogens is 319 g/mol. The Labute approximate surface area is 137 Å². The fourth-order valence-corrected chi connectivity index (χ4v) is 2.74. The van der Waals surface area contributed by atoms with E-state index in [1.165, 1.54) is 12.1 Å². The highest BCUT2D eigenvalue weighted by atomic mass is 19.4. The summed E-state index contributed by atoms with van der Waals surface area (Å²) in [7, 11) is 0. The maximum atomic E-state index is 12.7. The smallest absolute Gasteiger partial charge is 0.416 e. The maximum absolute atomic E-state index is 12.7. The summed E-state index contributed by atoms with van der Waals surface area (Å²) < 4.78 is 43.6. The molecule has 1 heterocycles. The van der Waals surface area contributed by atoms with Crippen LogP contribution >= 0.6 is 0 Å². The number of halogens is 3. The molecule has 3 rings (SSSR count). The molecular formula is C18H16F3NO2. The first-order valence-corrected chi connectivity index (χ1v) is 7.58. The van der Waals surface area contributed by atoms with Gasteiger partial charge in [-0.05, 0) is 17.7 Å². The number of benzene rings is 2. The second-order valence-electron chi connectivity index (χ2n) is 5.72. The summed E-state index contributed by atoms with van der Waals surface area (Å²) in [4.78, 5) is 12.0. The van der Waals surface area contributed by atoms with E-state index in [1.807, 2.05) is 24.3 Å². The van der Waals surface area contributed by atoms with Gasteiger partial charge in [-0.25, -0.2) is 0 Å². The number of nitrogens with one attached hydrogen (secondary N) is 1. The zero-order valence-electron chi connectivity index (χ0n) is 12.8. The summed E-state index contributed by atoms with van der Waals surface area (Å²) in [6.07, 6.45) is -4.49. The second kappa shape index (κ2) is 6.55. The highest BCUT2D eigenvalue weighted by Crippen LogP contribution is 2.33. The number of carbonyl (C=O) groups is 1. The molecule has 0 fully saturated rings. The van der Waals surface area contributed by atoms with Gasteiger partial charge in [0.25, 0.3) is 0 Å². The average molecular weight is 335 g/mol. The minimum atomic E-state index is -4.41. The number of hydrogen-bond donors (Lipinski definition) is 1. The van der Waals surface area contributed by atoms with Gasteiger partial charge in [0.2, 0.25) is 5.91 Å². The van der Waals surface area contributed by atoms with Gasteiger partial charge in [0.05, 0.1) is 18.6 Å². The van der Waals surface area contributed by atoms with E-state index in [4.69, 9.17) is 4.74 Å². The Kier molecular flexibility index (Phi) is 4.46.